The summed E-state index contributed by atoms with van der Waals surface area (Å²) in [6.07, 6.45) is 0.709. The molecule has 7 atom stereocenters. The molecule has 1 aromatic heterocycles. The monoisotopic (exact) mass is 946 g/mol. The zero-order valence-corrected chi connectivity index (χ0v) is 38.8. The van der Waals surface area contributed by atoms with Gasteiger partial charge in [-0.05, 0) is 96.8 Å². The Hall–Kier alpha value is -4.69. The van der Waals surface area contributed by atoms with E-state index in [1.807, 2.05) is 6.08 Å². The molecular formula is C46H61F3N6O10S. The number of nitrogens with zero attached hydrogens (tertiary/aromatic N) is 4. The fraction of sp³-hybridized carbons (Fsp3) is 0.674. The molecule has 0 radical (unpaired) electrons. The molecule has 20 heteroatoms. The molecule has 2 saturated heterocycles. The van der Waals surface area contributed by atoms with Crippen molar-refractivity contribution >= 4 is 44.7 Å². The molecule has 2 unspecified atom stereocenters. The average Bonchev–Trinajstić information content (AvgIpc) is 4.18. The number of amides is 4. The van der Waals surface area contributed by atoms with Crippen LogP contribution in [-0.4, -0.2) is 137 Å². The van der Waals surface area contributed by atoms with Gasteiger partial charge in [-0.2, -0.15) is 13.2 Å². The molecule has 0 bridgehead atoms. The van der Waals surface area contributed by atoms with Gasteiger partial charge >= 0.3 is 12.3 Å². The molecule has 66 heavy (non-hydrogen) atoms. The van der Waals surface area contributed by atoms with Crippen LogP contribution in [-0.2, 0) is 41.7 Å². The number of rotatable bonds is 10. The van der Waals surface area contributed by atoms with Crippen molar-refractivity contribution in [3.63, 3.8) is 0 Å². The number of aromatic nitrogens is 1. The molecule has 4 fully saturated rings. The van der Waals surface area contributed by atoms with Crippen molar-refractivity contribution in [1.82, 2.24) is 29.7 Å². The van der Waals surface area contributed by atoms with E-state index in [2.05, 4.69) is 19.9 Å². The zero-order valence-electron chi connectivity index (χ0n) is 38.0. The van der Waals surface area contributed by atoms with Crippen LogP contribution in [0.25, 0.3) is 10.9 Å². The predicted molar refractivity (Wildman–Crippen MR) is 235 cm³/mol. The number of alkyl halides is 3. The summed E-state index contributed by atoms with van der Waals surface area (Å²) < 4.78 is 91.2. The number of carbonyl (C=O) groups is 4. The van der Waals surface area contributed by atoms with E-state index >= 15 is 18.0 Å². The summed E-state index contributed by atoms with van der Waals surface area (Å²) in [7, 11) is -4.13. The second-order valence-corrected chi connectivity index (χ2v) is 21.4. The summed E-state index contributed by atoms with van der Waals surface area (Å²) >= 11 is 0. The number of aryl methyl sites for hydroxylation is 1. The number of fused-ring (bicyclic) bond motifs is 5. The summed E-state index contributed by atoms with van der Waals surface area (Å²) in [4.78, 5) is 66.0. The minimum Gasteiger partial charge on any atom is -0.492 e. The molecule has 8 rings (SSSR count). The van der Waals surface area contributed by atoms with Crippen LogP contribution in [0.1, 0.15) is 110 Å². The van der Waals surface area contributed by atoms with Crippen molar-refractivity contribution in [2.45, 2.75) is 151 Å². The number of carboxylic acid groups (broad SMARTS) is 1. The Morgan fingerprint density at radius 1 is 1.12 bits per heavy atom. The highest BCUT2D eigenvalue weighted by Crippen LogP contribution is 2.52. The smallest absolute Gasteiger partial charge is 0.437 e. The van der Waals surface area contributed by atoms with Gasteiger partial charge in [0.25, 0.3) is 5.91 Å². The molecule has 2 aliphatic carbocycles. The number of benzene rings is 1. The first-order valence-electron chi connectivity index (χ1n) is 23.3. The first kappa shape index (κ1) is 47.8. The third kappa shape index (κ3) is 9.05. The highest BCUT2D eigenvalue weighted by atomic mass is 32.2. The van der Waals surface area contributed by atoms with Gasteiger partial charge in [-0.3, -0.25) is 28.9 Å². The maximum atomic E-state index is 15.3. The lowest BCUT2D eigenvalue weighted by Crippen LogP contribution is -2.61. The summed E-state index contributed by atoms with van der Waals surface area (Å²) in [5.41, 5.74) is -4.27. The summed E-state index contributed by atoms with van der Waals surface area (Å²) in [6, 6.07) is 0.259. The minimum atomic E-state index is -4.97. The van der Waals surface area contributed by atoms with E-state index in [1.54, 1.807) is 39.0 Å². The highest BCUT2D eigenvalue weighted by Gasteiger charge is 2.65. The lowest BCUT2D eigenvalue weighted by Gasteiger charge is -2.42. The van der Waals surface area contributed by atoms with Crippen LogP contribution < -0.4 is 19.5 Å². The number of hydrogen-bond donors (Lipinski definition) is 3. The van der Waals surface area contributed by atoms with Crippen molar-refractivity contribution in [1.29, 1.82) is 0 Å². The van der Waals surface area contributed by atoms with Gasteiger partial charge in [-0.25, -0.2) is 18.2 Å². The maximum absolute atomic E-state index is 15.3. The second kappa shape index (κ2) is 18.1. The topological polar surface area (TPSA) is 197 Å². The van der Waals surface area contributed by atoms with E-state index in [-0.39, 0.29) is 43.2 Å². The number of hydrogen-bond acceptors (Lipinski definition) is 11. The van der Waals surface area contributed by atoms with Crippen LogP contribution >= 0.6 is 0 Å². The molecule has 3 N–H and O–H groups in total. The molecule has 6 aliphatic rings. The number of halogens is 3. The summed E-state index contributed by atoms with van der Waals surface area (Å²) in [5.74, 6) is -3.17. The lowest BCUT2D eigenvalue weighted by atomic mass is 9.83. The Morgan fingerprint density at radius 2 is 1.86 bits per heavy atom. The molecule has 2 aromatic rings. The molecule has 2 saturated carbocycles. The maximum Gasteiger partial charge on any atom is 0.437 e. The Kier molecular flexibility index (Phi) is 13.1. The lowest BCUT2D eigenvalue weighted by molar-refractivity contribution is -0.148. The van der Waals surface area contributed by atoms with E-state index in [4.69, 9.17) is 14.2 Å². The number of nitrogens with one attached hydrogen (secondary N) is 2. The first-order chi connectivity index (χ1) is 31.2. The minimum absolute atomic E-state index is 0.0305. The van der Waals surface area contributed by atoms with Crippen LogP contribution in [0.2, 0.25) is 0 Å². The Balaban J connectivity index is 1.18. The van der Waals surface area contributed by atoms with E-state index < -0.39 is 97.4 Å². The standard InChI is InChI=1S/C46H61F3N6O10S/c1-5-28(2)54(42(59)60)35-12-10-8-6-7-9-11-30-26-45(30,41(58)52-66(61,62)43(4)17-18-43)51-39(56)36-27-44(29(3)55(36)40(35)57)16-15-32-33-25-31(64-24-21-53-19-22-63-23-20-53)13-14-34(33)50-38(37(32)65-44)46(47,48)49/h9,11,13-14,25,28-30,35-36H,5-8,10,12,15-24,26-27H2,1-4H3,(H,51,56)(H,52,58)(H,59,60)/b11-9-/t28?,29?,30-,35+,36+,44-,45-/m1/s1. The third-order valence-electron chi connectivity index (χ3n) is 15.0. The fourth-order valence-corrected chi connectivity index (χ4v) is 11.6. The number of sulfonamides is 1. The summed E-state index contributed by atoms with van der Waals surface area (Å²) in [6.45, 7) is 10.3. The molecular weight excluding hydrogens is 886 g/mol. The zero-order chi connectivity index (χ0) is 47.4. The van der Waals surface area contributed by atoms with Gasteiger partial charge in [-0.1, -0.05) is 31.9 Å². The van der Waals surface area contributed by atoms with Crippen molar-refractivity contribution < 1.29 is 60.1 Å². The molecule has 1 aromatic carbocycles. The number of carbonyl (C=O) groups excluding carboxylic acids is 3. The van der Waals surface area contributed by atoms with Crippen molar-refractivity contribution in [3.8, 4) is 11.5 Å². The number of allylic oxidation sites excluding steroid dienone is 1. The average molecular weight is 947 g/mol. The van der Waals surface area contributed by atoms with E-state index in [9.17, 15) is 27.9 Å². The van der Waals surface area contributed by atoms with Crippen molar-refractivity contribution in [2.24, 2.45) is 5.92 Å². The Labute approximate surface area is 383 Å². The number of morpholine rings is 1. The Morgan fingerprint density at radius 3 is 2.55 bits per heavy atom. The van der Waals surface area contributed by atoms with E-state index in [0.717, 1.165) is 18.0 Å². The van der Waals surface area contributed by atoms with Crippen LogP contribution in [0.15, 0.2) is 30.4 Å². The molecule has 4 aliphatic heterocycles. The van der Waals surface area contributed by atoms with E-state index in [1.165, 1.54) is 17.9 Å². The second-order valence-electron chi connectivity index (χ2n) is 19.2. The fourth-order valence-electron chi connectivity index (χ4n) is 10.2. The van der Waals surface area contributed by atoms with Gasteiger partial charge < -0.3 is 29.5 Å². The van der Waals surface area contributed by atoms with Crippen LogP contribution in [0.3, 0.4) is 0 Å². The van der Waals surface area contributed by atoms with Gasteiger partial charge in [0.2, 0.25) is 21.8 Å². The number of pyridine rings is 1. The first-order valence-corrected chi connectivity index (χ1v) is 24.8. The summed E-state index contributed by atoms with van der Waals surface area (Å²) in [5, 5.41) is 13.8. The quantitative estimate of drug-likeness (QED) is 0.252. The van der Waals surface area contributed by atoms with Crippen molar-refractivity contribution in [3.05, 3.63) is 41.6 Å². The molecule has 16 nitrogen and oxygen atoms in total. The molecule has 4 amide bonds. The molecule has 1 spiro atoms. The normalized spacial score (nSPS) is 30.1. The molecule has 362 valence electrons. The van der Waals surface area contributed by atoms with Gasteiger partial charge in [0.1, 0.15) is 35.6 Å². The largest absolute Gasteiger partial charge is 0.492 e. The molecule has 5 heterocycles. The van der Waals surface area contributed by atoms with E-state index in [0.29, 0.717) is 82.4 Å². The van der Waals surface area contributed by atoms with Gasteiger partial charge in [0.05, 0.1) is 29.5 Å². The Bertz CT molecular complexity index is 2370. The SMILES string of the molecule is CCC(C)N(C(=O)O)[C@H]1CCCCC/C=C\[C@@H]2C[C@@]2(C(=O)NS(=O)(=O)C2(C)CC2)NC(=O)[C@@H]2C[C@]3(CCc4c(c(C(F)(F)F)nc5ccc(OCCN6CCOCC6)cc45)O3)C(C)N2C1=O. The third-order valence-corrected chi connectivity index (χ3v) is 17.2. The van der Waals surface area contributed by atoms with Crippen LogP contribution in [0.4, 0.5) is 18.0 Å². The van der Waals surface area contributed by atoms with Crippen molar-refractivity contribution in [2.75, 3.05) is 39.5 Å². The van der Waals surface area contributed by atoms with Crippen LogP contribution in [0.5, 0.6) is 11.5 Å². The van der Waals surface area contributed by atoms with Gasteiger partial charge in [-0.15, -0.1) is 0 Å². The van der Waals surface area contributed by atoms with Gasteiger partial charge in [0.15, 0.2) is 11.4 Å². The number of ether oxygens (including phenoxy) is 3. The highest BCUT2D eigenvalue weighted by molar-refractivity contribution is 7.91. The predicted octanol–water partition coefficient (Wildman–Crippen LogP) is 5.56. The van der Waals surface area contributed by atoms with Gasteiger partial charge in [0, 0.05) is 49.0 Å². The van der Waals surface area contributed by atoms with Crippen LogP contribution in [0, 0.1) is 5.92 Å².